The van der Waals surface area contributed by atoms with Crippen molar-refractivity contribution in [2.24, 2.45) is 0 Å². The van der Waals surface area contributed by atoms with Gasteiger partial charge in [0.1, 0.15) is 0 Å². The third-order valence-electron chi connectivity index (χ3n) is 3.09. The van der Waals surface area contributed by atoms with Gasteiger partial charge in [-0.25, -0.2) is 0 Å². The third-order valence-corrected chi connectivity index (χ3v) is 4.07. The van der Waals surface area contributed by atoms with Gasteiger partial charge in [0.05, 0.1) is 11.9 Å². The SMILES string of the molecule is O=C(CSCc1ccccc1)N1CCCC(O)C1. The highest BCUT2D eigenvalue weighted by molar-refractivity contribution is 7.99. The van der Waals surface area contributed by atoms with Gasteiger partial charge in [0, 0.05) is 18.8 Å². The van der Waals surface area contributed by atoms with Crippen molar-refractivity contribution in [1.82, 2.24) is 4.90 Å². The lowest BCUT2D eigenvalue weighted by atomic mass is 10.1. The van der Waals surface area contributed by atoms with Crippen LogP contribution in [0.5, 0.6) is 0 Å². The number of amides is 1. The van der Waals surface area contributed by atoms with E-state index < -0.39 is 0 Å². The van der Waals surface area contributed by atoms with Crippen LogP contribution >= 0.6 is 11.8 Å². The van der Waals surface area contributed by atoms with E-state index in [9.17, 15) is 9.90 Å². The predicted octanol–water partition coefficient (Wildman–Crippen LogP) is 1.90. The molecule has 0 aliphatic carbocycles. The fourth-order valence-electron chi connectivity index (χ4n) is 2.10. The molecule has 18 heavy (non-hydrogen) atoms. The van der Waals surface area contributed by atoms with Crippen molar-refractivity contribution in [1.29, 1.82) is 0 Å². The molecule has 1 unspecified atom stereocenters. The maximum absolute atomic E-state index is 11.9. The lowest BCUT2D eigenvalue weighted by Gasteiger charge is -2.30. The largest absolute Gasteiger partial charge is 0.391 e. The number of β-amino-alcohol motifs (C(OH)–C–C–N with tert-alkyl or cyclic N) is 1. The van der Waals surface area contributed by atoms with E-state index in [0.29, 0.717) is 12.3 Å². The topological polar surface area (TPSA) is 40.5 Å². The number of hydrogen-bond acceptors (Lipinski definition) is 3. The van der Waals surface area contributed by atoms with Gasteiger partial charge in [-0.2, -0.15) is 0 Å². The minimum atomic E-state index is -0.332. The molecule has 0 bridgehead atoms. The standard InChI is InChI=1S/C14H19NO2S/c16-13-7-4-8-15(9-13)14(17)11-18-10-12-5-2-1-3-6-12/h1-3,5-6,13,16H,4,7-11H2. The van der Waals surface area contributed by atoms with Crippen LogP contribution in [0.4, 0.5) is 0 Å². The number of piperidine rings is 1. The van der Waals surface area contributed by atoms with Crippen molar-refractivity contribution in [3.8, 4) is 0 Å². The van der Waals surface area contributed by atoms with E-state index in [2.05, 4.69) is 12.1 Å². The summed E-state index contributed by atoms with van der Waals surface area (Å²) in [6.45, 7) is 1.30. The molecular formula is C14H19NO2S. The summed E-state index contributed by atoms with van der Waals surface area (Å²) in [6.07, 6.45) is 1.40. The van der Waals surface area contributed by atoms with E-state index in [1.807, 2.05) is 18.2 Å². The number of carbonyl (C=O) groups excluding carboxylic acids is 1. The van der Waals surface area contributed by atoms with E-state index in [4.69, 9.17) is 0 Å². The second-order valence-electron chi connectivity index (χ2n) is 4.61. The van der Waals surface area contributed by atoms with Gasteiger partial charge in [0.15, 0.2) is 0 Å². The molecule has 1 aromatic rings. The van der Waals surface area contributed by atoms with Gasteiger partial charge in [-0.3, -0.25) is 4.79 Å². The van der Waals surface area contributed by atoms with E-state index in [1.165, 1.54) is 5.56 Å². The molecule has 98 valence electrons. The van der Waals surface area contributed by atoms with Gasteiger partial charge in [0.2, 0.25) is 5.91 Å². The van der Waals surface area contributed by atoms with E-state index in [-0.39, 0.29) is 12.0 Å². The second-order valence-corrected chi connectivity index (χ2v) is 5.60. The lowest BCUT2D eigenvalue weighted by Crippen LogP contribution is -2.43. The normalized spacial score (nSPS) is 19.8. The maximum Gasteiger partial charge on any atom is 0.232 e. The first-order valence-corrected chi connectivity index (χ1v) is 7.48. The van der Waals surface area contributed by atoms with Crippen LogP contribution in [0.3, 0.4) is 0 Å². The number of rotatable bonds is 4. The molecule has 1 saturated heterocycles. The smallest absolute Gasteiger partial charge is 0.232 e. The Balaban J connectivity index is 1.71. The van der Waals surface area contributed by atoms with E-state index in [1.54, 1.807) is 16.7 Å². The number of thioether (sulfide) groups is 1. The minimum absolute atomic E-state index is 0.148. The molecule has 1 aliphatic heterocycles. The van der Waals surface area contributed by atoms with Crippen molar-refractivity contribution >= 4 is 17.7 Å². The molecule has 0 radical (unpaired) electrons. The maximum atomic E-state index is 11.9. The van der Waals surface area contributed by atoms with Crippen LogP contribution in [-0.4, -0.2) is 40.9 Å². The molecule has 1 N–H and O–H groups in total. The zero-order valence-electron chi connectivity index (χ0n) is 10.4. The van der Waals surface area contributed by atoms with Crippen LogP contribution in [0.1, 0.15) is 18.4 Å². The van der Waals surface area contributed by atoms with E-state index >= 15 is 0 Å². The molecule has 0 aromatic heterocycles. The van der Waals surface area contributed by atoms with Gasteiger partial charge < -0.3 is 10.0 Å². The van der Waals surface area contributed by atoms with Gasteiger partial charge in [-0.05, 0) is 18.4 Å². The number of aliphatic hydroxyl groups excluding tert-OH is 1. The van der Waals surface area contributed by atoms with Crippen LogP contribution in [0.25, 0.3) is 0 Å². The van der Waals surface area contributed by atoms with Gasteiger partial charge in [-0.15, -0.1) is 11.8 Å². The first-order valence-electron chi connectivity index (χ1n) is 6.33. The van der Waals surface area contributed by atoms with Crippen LogP contribution < -0.4 is 0 Å². The molecule has 3 nitrogen and oxygen atoms in total. The second kappa shape index (κ2) is 6.81. The highest BCUT2D eigenvalue weighted by Crippen LogP contribution is 2.15. The Kier molecular flexibility index (Phi) is 5.08. The highest BCUT2D eigenvalue weighted by atomic mass is 32.2. The van der Waals surface area contributed by atoms with Gasteiger partial charge >= 0.3 is 0 Å². The average Bonchev–Trinajstić information content (AvgIpc) is 2.40. The summed E-state index contributed by atoms with van der Waals surface area (Å²) < 4.78 is 0. The van der Waals surface area contributed by atoms with Crippen molar-refractivity contribution in [2.45, 2.75) is 24.7 Å². The molecule has 2 rings (SSSR count). The molecule has 1 amide bonds. The molecule has 0 spiro atoms. The zero-order chi connectivity index (χ0) is 12.8. The third kappa shape index (κ3) is 4.03. The number of hydrogen-bond donors (Lipinski definition) is 1. The summed E-state index contributed by atoms with van der Waals surface area (Å²) in [5.41, 5.74) is 1.24. The fourth-order valence-corrected chi connectivity index (χ4v) is 2.99. The van der Waals surface area contributed by atoms with Crippen LogP contribution in [0.2, 0.25) is 0 Å². The quantitative estimate of drug-likeness (QED) is 0.904. The van der Waals surface area contributed by atoms with Crippen molar-refractivity contribution < 1.29 is 9.90 Å². The molecule has 1 heterocycles. The van der Waals surface area contributed by atoms with Crippen molar-refractivity contribution in [3.63, 3.8) is 0 Å². The van der Waals surface area contributed by atoms with E-state index in [0.717, 1.165) is 25.1 Å². The zero-order valence-corrected chi connectivity index (χ0v) is 11.2. The Morgan fingerprint density at radius 2 is 2.17 bits per heavy atom. The number of aliphatic hydroxyl groups is 1. The lowest BCUT2D eigenvalue weighted by molar-refractivity contribution is -0.131. The summed E-state index contributed by atoms with van der Waals surface area (Å²) in [7, 11) is 0. The van der Waals surface area contributed by atoms with Crippen LogP contribution in [0, 0.1) is 0 Å². The summed E-state index contributed by atoms with van der Waals surface area (Å²) in [5, 5.41) is 9.53. The minimum Gasteiger partial charge on any atom is -0.391 e. The van der Waals surface area contributed by atoms with Crippen LogP contribution in [0.15, 0.2) is 30.3 Å². The van der Waals surface area contributed by atoms with Crippen LogP contribution in [-0.2, 0) is 10.5 Å². The predicted molar refractivity (Wildman–Crippen MR) is 74.4 cm³/mol. The molecular weight excluding hydrogens is 246 g/mol. The number of likely N-dealkylation sites (tertiary alicyclic amines) is 1. The molecule has 1 atom stereocenters. The Morgan fingerprint density at radius 1 is 1.39 bits per heavy atom. The summed E-state index contributed by atoms with van der Waals surface area (Å²) in [6, 6.07) is 10.2. The first kappa shape index (κ1) is 13.4. The number of nitrogens with zero attached hydrogens (tertiary/aromatic N) is 1. The Labute approximate surface area is 112 Å². The molecule has 1 aromatic carbocycles. The first-order chi connectivity index (χ1) is 8.75. The Bertz CT molecular complexity index is 383. The van der Waals surface area contributed by atoms with Gasteiger partial charge in [0.25, 0.3) is 0 Å². The van der Waals surface area contributed by atoms with Crippen molar-refractivity contribution in [3.05, 3.63) is 35.9 Å². The fraction of sp³-hybridized carbons (Fsp3) is 0.500. The highest BCUT2D eigenvalue weighted by Gasteiger charge is 2.21. The molecule has 0 saturated carbocycles. The van der Waals surface area contributed by atoms with Crippen molar-refractivity contribution in [2.75, 3.05) is 18.8 Å². The summed E-state index contributed by atoms with van der Waals surface area (Å²) in [5.74, 6) is 1.51. The monoisotopic (exact) mass is 265 g/mol. The molecule has 1 fully saturated rings. The Hall–Kier alpha value is -1.00. The molecule has 4 heteroatoms. The number of carbonyl (C=O) groups is 1. The average molecular weight is 265 g/mol. The summed E-state index contributed by atoms with van der Waals surface area (Å²) in [4.78, 5) is 13.7. The summed E-state index contributed by atoms with van der Waals surface area (Å²) >= 11 is 1.64. The Morgan fingerprint density at radius 3 is 2.89 bits per heavy atom. The number of benzene rings is 1. The molecule has 1 aliphatic rings. The van der Waals surface area contributed by atoms with Gasteiger partial charge in [-0.1, -0.05) is 30.3 Å².